The lowest BCUT2D eigenvalue weighted by molar-refractivity contribution is -0.188. The highest BCUT2D eigenvalue weighted by Crippen LogP contribution is 2.35. The molecule has 0 aliphatic carbocycles. The second-order valence-electron chi connectivity index (χ2n) is 10.0. The van der Waals surface area contributed by atoms with Crippen LogP contribution in [0, 0.1) is 0 Å². The smallest absolute Gasteiger partial charge is 0.435 e. The molecular weight excluding hydrogens is 546 g/mol. The molecule has 2 rings (SSSR count). The van der Waals surface area contributed by atoms with Crippen LogP contribution < -0.4 is 5.32 Å². The summed E-state index contributed by atoms with van der Waals surface area (Å²) in [6.07, 6.45) is -2.48. The minimum atomic E-state index is -1.52. The van der Waals surface area contributed by atoms with Crippen molar-refractivity contribution in [3.8, 4) is 0 Å². The Labute approximate surface area is 236 Å². The highest BCUT2D eigenvalue weighted by atomic mass is 16.6. The molecule has 0 bridgehead atoms. The summed E-state index contributed by atoms with van der Waals surface area (Å²) < 4.78 is 32.8. The molecule has 1 aromatic rings. The van der Waals surface area contributed by atoms with E-state index in [4.69, 9.17) is 28.4 Å². The molecule has 15 nitrogen and oxygen atoms in total. The first-order valence-corrected chi connectivity index (χ1v) is 12.5. The van der Waals surface area contributed by atoms with Crippen molar-refractivity contribution in [3.63, 3.8) is 0 Å². The molecular formula is C26H35N3O12. The first kappa shape index (κ1) is 32.8. The predicted octanol–water partition coefficient (Wildman–Crippen LogP) is 1.14. The Kier molecular flexibility index (Phi) is 11.0. The van der Waals surface area contributed by atoms with E-state index in [0.717, 1.165) is 32.6 Å². The Bertz CT molecular complexity index is 1200. The summed E-state index contributed by atoms with van der Waals surface area (Å²) in [7, 11) is 1.11. The number of nitrogens with one attached hydrogen (secondary N) is 1. The van der Waals surface area contributed by atoms with Crippen LogP contribution in [0.15, 0.2) is 24.1 Å². The SMILES string of the molecule is COC(=O)C1=C[C@H](c2ccn(C(=O)OC(C)(C)C)n2)[C@@H](NC(C)=O)[C@H]([C@H](OC(C)=O)[C@@H](COC(C)=O)OC(C)=O)O1. The monoisotopic (exact) mass is 581 g/mol. The Morgan fingerprint density at radius 2 is 1.66 bits per heavy atom. The van der Waals surface area contributed by atoms with Crippen molar-refractivity contribution in [2.75, 3.05) is 13.7 Å². The Balaban J connectivity index is 2.68. The summed E-state index contributed by atoms with van der Waals surface area (Å²) in [6, 6.07) is 0.336. The van der Waals surface area contributed by atoms with Gasteiger partial charge in [0.2, 0.25) is 11.7 Å². The molecule has 1 aliphatic rings. The van der Waals surface area contributed by atoms with E-state index in [1.54, 1.807) is 20.8 Å². The average Bonchev–Trinajstić information content (AvgIpc) is 3.33. The van der Waals surface area contributed by atoms with Crippen LogP contribution in [0.3, 0.4) is 0 Å². The van der Waals surface area contributed by atoms with E-state index in [1.165, 1.54) is 25.3 Å². The summed E-state index contributed by atoms with van der Waals surface area (Å²) >= 11 is 0. The van der Waals surface area contributed by atoms with Gasteiger partial charge in [-0.15, -0.1) is 0 Å². The molecule has 15 heteroatoms. The normalized spacial score (nSPS) is 19.8. The largest absolute Gasteiger partial charge is 0.477 e. The van der Waals surface area contributed by atoms with Gasteiger partial charge in [0, 0.05) is 39.8 Å². The Morgan fingerprint density at radius 1 is 1.02 bits per heavy atom. The van der Waals surface area contributed by atoms with Gasteiger partial charge in [-0.05, 0) is 32.9 Å². The van der Waals surface area contributed by atoms with Gasteiger partial charge >= 0.3 is 30.0 Å². The fourth-order valence-electron chi connectivity index (χ4n) is 3.98. The fourth-order valence-corrected chi connectivity index (χ4v) is 3.98. The molecule has 2 heterocycles. The third-order valence-corrected chi connectivity index (χ3v) is 5.38. The lowest BCUT2D eigenvalue weighted by atomic mass is 9.85. The molecule has 226 valence electrons. The van der Waals surface area contributed by atoms with Crippen LogP contribution in [0.5, 0.6) is 0 Å². The number of amides is 1. The molecule has 0 fully saturated rings. The zero-order valence-electron chi connectivity index (χ0n) is 24.1. The molecule has 5 atom stereocenters. The van der Waals surface area contributed by atoms with Crippen LogP contribution in [0.4, 0.5) is 4.79 Å². The molecule has 0 unspecified atom stereocenters. The van der Waals surface area contributed by atoms with Gasteiger partial charge in [-0.1, -0.05) is 0 Å². The number of nitrogens with zero attached hydrogens (tertiary/aromatic N) is 2. The van der Waals surface area contributed by atoms with Crippen LogP contribution in [-0.4, -0.2) is 89.3 Å². The van der Waals surface area contributed by atoms with E-state index in [9.17, 15) is 28.8 Å². The number of hydrogen-bond donors (Lipinski definition) is 1. The van der Waals surface area contributed by atoms with Crippen molar-refractivity contribution in [1.82, 2.24) is 15.1 Å². The van der Waals surface area contributed by atoms with Crippen LogP contribution >= 0.6 is 0 Å². The maximum Gasteiger partial charge on any atom is 0.435 e. The van der Waals surface area contributed by atoms with Gasteiger partial charge in [-0.3, -0.25) is 19.2 Å². The summed E-state index contributed by atoms with van der Waals surface area (Å²) in [4.78, 5) is 73.2. The van der Waals surface area contributed by atoms with E-state index >= 15 is 0 Å². The molecule has 1 amide bonds. The highest BCUT2D eigenvalue weighted by molar-refractivity contribution is 5.86. The van der Waals surface area contributed by atoms with Crippen molar-refractivity contribution in [2.24, 2.45) is 0 Å². The quantitative estimate of drug-likeness (QED) is 0.323. The highest BCUT2D eigenvalue weighted by Gasteiger charge is 2.49. The summed E-state index contributed by atoms with van der Waals surface area (Å²) in [6.45, 7) is 9.01. The number of hydrogen-bond acceptors (Lipinski definition) is 13. The molecule has 1 aromatic heterocycles. The molecule has 41 heavy (non-hydrogen) atoms. The number of rotatable bonds is 9. The topological polar surface area (TPSA) is 188 Å². The standard InChI is InChI=1S/C26H35N3O12/c1-13(30)27-21-17(18-9-10-29(28-18)25(35)41-26(5,6)7)11-19(24(34)36-8)40-23(21)22(39-16(4)33)20(38-15(3)32)12-37-14(2)31/h9-11,17,20-23H,12H2,1-8H3,(H,27,30)/t17-,20-,21-,22-,23-/m1/s1. The van der Waals surface area contributed by atoms with Gasteiger partial charge in [0.25, 0.3) is 0 Å². The van der Waals surface area contributed by atoms with Crippen molar-refractivity contribution in [2.45, 2.75) is 84.3 Å². The van der Waals surface area contributed by atoms with Crippen LogP contribution in [0.1, 0.15) is 60.1 Å². The molecule has 0 saturated heterocycles. The minimum Gasteiger partial charge on any atom is -0.477 e. The number of aromatic nitrogens is 2. The molecule has 0 aromatic carbocycles. The Hall–Kier alpha value is -4.43. The fraction of sp³-hybridized carbons (Fsp3) is 0.577. The second-order valence-corrected chi connectivity index (χ2v) is 10.0. The lowest BCUT2D eigenvalue weighted by Gasteiger charge is -2.41. The van der Waals surface area contributed by atoms with Crippen molar-refractivity contribution in [1.29, 1.82) is 0 Å². The number of carbonyl (C=O) groups is 6. The molecule has 0 saturated carbocycles. The predicted molar refractivity (Wildman–Crippen MR) is 137 cm³/mol. The van der Waals surface area contributed by atoms with Gasteiger partial charge < -0.3 is 33.7 Å². The lowest BCUT2D eigenvalue weighted by Crippen LogP contribution is -2.59. The molecule has 0 spiro atoms. The van der Waals surface area contributed by atoms with Crippen molar-refractivity contribution in [3.05, 3.63) is 29.8 Å². The van der Waals surface area contributed by atoms with Crippen LogP contribution in [-0.2, 0) is 52.4 Å². The van der Waals surface area contributed by atoms with Crippen molar-refractivity contribution < 1.29 is 57.2 Å². The van der Waals surface area contributed by atoms with Gasteiger partial charge in [0.1, 0.15) is 12.2 Å². The molecule has 1 aliphatic heterocycles. The first-order valence-electron chi connectivity index (χ1n) is 12.5. The number of esters is 4. The van der Waals surface area contributed by atoms with E-state index in [-0.39, 0.29) is 11.5 Å². The Morgan fingerprint density at radius 3 is 2.17 bits per heavy atom. The van der Waals surface area contributed by atoms with E-state index in [1.807, 2.05) is 0 Å². The maximum atomic E-state index is 12.6. The third-order valence-electron chi connectivity index (χ3n) is 5.38. The van der Waals surface area contributed by atoms with Gasteiger partial charge in [0.15, 0.2) is 18.3 Å². The summed E-state index contributed by atoms with van der Waals surface area (Å²) in [5.41, 5.74) is -0.621. The number of carbonyl (C=O) groups excluding carboxylic acids is 6. The summed E-state index contributed by atoms with van der Waals surface area (Å²) in [5, 5.41) is 6.97. The number of ether oxygens (including phenoxy) is 6. The zero-order chi connectivity index (χ0) is 31.1. The second kappa shape index (κ2) is 13.8. The molecule has 0 radical (unpaired) electrons. The summed E-state index contributed by atoms with van der Waals surface area (Å²) in [5.74, 6) is -5.13. The van der Waals surface area contributed by atoms with Crippen molar-refractivity contribution >= 4 is 35.9 Å². The van der Waals surface area contributed by atoms with Crippen LogP contribution in [0.2, 0.25) is 0 Å². The van der Waals surface area contributed by atoms with E-state index in [0.29, 0.717) is 0 Å². The van der Waals surface area contributed by atoms with E-state index in [2.05, 4.69) is 10.4 Å². The zero-order valence-corrected chi connectivity index (χ0v) is 24.1. The average molecular weight is 582 g/mol. The van der Waals surface area contributed by atoms with Gasteiger partial charge in [-0.2, -0.15) is 9.78 Å². The van der Waals surface area contributed by atoms with Gasteiger partial charge in [-0.25, -0.2) is 9.59 Å². The van der Waals surface area contributed by atoms with E-state index < -0.39 is 78.4 Å². The maximum absolute atomic E-state index is 12.6. The van der Waals surface area contributed by atoms with Gasteiger partial charge in [0.05, 0.1) is 18.8 Å². The molecule has 1 N–H and O–H groups in total. The third kappa shape index (κ3) is 9.61. The number of methoxy groups -OCH3 is 1. The first-order chi connectivity index (χ1) is 19.0. The van der Waals surface area contributed by atoms with Crippen LogP contribution in [0.25, 0.3) is 0 Å². The minimum absolute atomic E-state index is 0.190.